The van der Waals surface area contributed by atoms with Gasteiger partial charge in [0, 0.05) is 17.5 Å². The Morgan fingerprint density at radius 3 is 2.50 bits per heavy atom. The SMILES string of the molecule is Cc1ccc2ncc(-c3ccc(C)nc3)nc2c1. The number of hydrogen-bond donors (Lipinski definition) is 0. The fourth-order valence-corrected chi connectivity index (χ4v) is 1.88. The molecular weight excluding hydrogens is 222 g/mol. The van der Waals surface area contributed by atoms with Crippen molar-refractivity contribution >= 4 is 11.0 Å². The van der Waals surface area contributed by atoms with Gasteiger partial charge in [0.25, 0.3) is 0 Å². The molecule has 2 heterocycles. The van der Waals surface area contributed by atoms with E-state index in [2.05, 4.69) is 21.9 Å². The molecule has 0 unspecified atom stereocenters. The van der Waals surface area contributed by atoms with Crippen molar-refractivity contribution < 1.29 is 0 Å². The summed E-state index contributed by atoms with van der Waals surface area (Å²) in [4.78, 5) is 13.3. The van der Waals surface area contributed by atoms with E-state index in [-0.39, 0.29) is 0 Å². The highest BCUT2D eigenvalue weighted by Crippen LogP contribution is 2.19. The molecule has 0 N–H and O–H groups in total. The van der Waals surface area contributed by atoms with Crippen molar-refractivity contribution in [3.05, 3.63) is 54.0 Å². The first kappa shape index (κ1) is 10.8. The largest absolute Gasteiger partial charge is 0.261 e. The lowest BCUT2D eigenvalue weighted by atomic mass is 10.2. The predicted octanol–water partition coefficient (Wildman–Crippen LogP) is 3.31. The van der Waals surface area contributed by atoms with Crippen LogP contribution in [0, 0.1) is 13.8 Å². The summed E-state index contributed by atoms with van der Waals surface area (Å²) in [5.74, 6) is 0. The fourth-order valence-electron chi connectivity index (χ4n) is 1.88. The second-order valence-electron chi connectivity index (χ2n) is 4.44. The van der Waals surface area contributed by atoms with Crippen LogP contribution in [0.3, 0.4) is 0 Å². The molecule has 0 aliphatic rings. The summed E-state index contributed by atoms with van der Waals surface area (Å²) < 4.78 is 0. The molecule has 1 aromatic carbocycles. The second kappa shape index (κ2) is 4.18. The number of fused-ring (bicyclic) bond motifs is 1. The summed E-state index contributed by atoms with van der Waals surface area (Å²) in [7, 11) is 0. The standard InChI is InChI=1S/C15H13N3/c1-10-3-6-13-14(7-10)18-15(9-17-13)12-5-4-11(2)16-8-12/h3-9H,1-2H3. The van der Waals surface area contributed by atoms with Crippen LogP contribution in [-0.4, -0.2) is 15.0 Å². The summed E-state index contributed by atoms with van der Waals surface area (Å²) in [5.41, 5.74) is 5.90. The number of aromatic nitrogens is 3. The Morgan fingerprint density at radius 2 is 1.72 bits per heavy atom. The Balaban J connectivity index is 2.15. The van der Waals surface area contributed by atoms with Crippen molar-refractivity contribution in [2.24, 2.45) is 0 Å². The van der Waals surface area contributed by atoms with E-state index in [1.54, 1.807) is 6.20 Å². The third-order valence-electron chi connectivity index (χ3n) is 2.90. The van der Waals surface area contributed by atoms with Crippen molar-refractivity contribution in [2.75, 3.05) is 0 Å². The molecular formula is C15H13N3. The molecule has 0 saturated carbocycles. The number of hydrogen-bond acceptors (Lipinski definition) is 3. The molecule has 0 aliphatic carbocycles. The molecule has 0 fully saturated rings. The van der Waals surface area contributed by atoms with Crippen molar-refractivity contribution in [2.45, 2.75) is 13.8 Å². The van der Waals surface area contributed by atoms with Gasteiger partial charge >= 0.3 is 0 Å². The number of nitrogens with zero attached hydrogens (tertiary/aromatic N) is 3. The van der Waals surface area contributed by atoms with Gasteiger partial charge in [-0.25, -0.2) is 4.98 Å². The van der Waals surface area contributed by atoms with Crippen LogP contribution in [0.1, 0.15) is 11.3 Å². The van der Waals surface area contributed by atoms with E-state index in [1.165, 1.54) is 5.56 Å². The Hall–Kier alpha value is -2.29. The smallest absolute Gasteiger partial charge is 0.0908 e. The van der Waals surface area contributed by atoms with Gasteiger partial charge in [-0.1, -0.05) is 6.07 Å². The summed E-state index contributed by atoms with van der Waals surface area (Å²) in [6.45, 7) is 4.03. The first-order valence-corrected chi connectivity index (χ1v) is 5.89. The number of rotatable bonds is 1. The lowest BCUT2D eigenvalue weighted by Gasteiger charge is -2.03. The quantitative estimate of drug-likeness (QED) is 0.649. The molecule has 18 heavy (non-hydrogen) atoms. The van der Waals surface area contributed by atoms with Crippen molar-refractivity contribution in [3.63, 3.8) is 0 Å². The van der Waals surface area contributed by atoms with Gasteiger partial charge in [-0.2, -0.15) is 0 Å². The highest BCUT2D eigenvalue weighted by molar-refractivity contribution is 5.77. The molecule has 0 amide bonds. The topological polar surface area (TPSA) is 38.7 Å². The molecule has 0 saturated heterocycles. The minimum atomic E-state index is 0.862. The van der Waals surface area contributed by atoms with Crippen LogP contribution in [0.4, 0.5) is 0 Å². The normalized spacial score (nSPS) is 10.8. The van der Waals surface area contributed by atoms with Crippen LogP contribution >= 0.6 is 0 Å². The minimum absolute atomic E-state index is 0.862. The third kappa shape index (κ3) is 1.95. The van der Waals surface area contributed by atoms with Crippen molar-refractivity contribution in [1.82, 2.24) is 15.0 Å². The third-order valence-corrected chi connectivity index (χ3v) is 2.90. The van der Waals surface area contributed by atoms with Crippen molar-refractivity contribution in [1.29, 1.82) is 0 Å². The molecule has 3 nitrogen and oxygen atoms in total. The zero-order valence-electron chi connectivity index (χ0n) is 10.4. The highest BCUT2D eigenvalue weighted by Gasteiger charge is 2.03. The molecule has 0 bridgehead atoms. The number of benzene rings is 1. The Labute approximate surface area is 106 Å². The summed E-state index contributed by atoms with van der Waals surface area (Å²) in [6.07, 6.45) is 3.63. The van der Waals surface area contributed by atoms with Crippen molar-refractivity contribution in [3.8, 4) is 11.3 Å². The van der Waals surface area contributed by atoms with E-state index in [9.17, 15) is 0 Å². The van der Waals surface area contributed by atoms with Gasteiger partial charge in [0.15, 0.2) is 0 Å². The monoisotopic (exact) mass is 235 g/mol. The maximum absolute atomic E-state index is 4.63. The average Bonchev–Trinajstić information content (AvgIpc) is 2.38. The van der Waals surface area contributed by atoms with Gasteiger partial charge in [-0.3, -0.25) is 9.97 Å². The van der Waals surface area contributed by atoms with Crippen LogP contribution < -0.4 is 0 Å². The summed E-state index contributed by atoms with van der Waals surface area (Å²) in [6, 6.07) is 10.1. The fraction of sp³-hybridized carbons (Fsp3) is 0.133. The van der Waals surface area contributed by atoms with E-state index < -0.39 is 0 Å². The van der Waals surface area contributed by atoms with Gasteiger partial charge in [0.05, 0.1) is 22.9 Å². The molecule has 88 valence electrons. The predicted molar refractivity (Wildman–Crippen MR) is 72.2 cm³/mol. The molecule has 0 spiro atoms. The van der Waals surface area contributed by atoms with E-state index in [0.717, 1.165) is 28.0 Å². The first-order chi connectivity index (χ1) is 8.72. The molecule has 2 aromatic heterocycles. The van der Waals surface area contributed by atoms with Crippen LogP contribution in [0.25, 0.3) is 22.3 Å². The van der Waals surface area contributed by atoms with E-state index in [1.807, 2.05) is 43.5 Å². The maximum atomic E-state index is 4.63. The average molecular weight is 235 g/mol. The lowest BCUT2D eigenvalue weighted by Crippen LogP contribution is -1.90. The van der Waals surface area contributed by atoms with Crippen LogP contribution in [0.2, 0.25) is 0 Å². The Kier molecular flexibility index (Phi) is 2.52. The molecule has 0 aliphatic heterocycles. The van der Waals surface area contributed by atoms with Crippen LogP contribution in [-0.2, 0) is 0 Å². The Bertz CT molecular complexity index is 703. The Morgan fingerprint density at radius 1 is 0.833 bits per heavy atom. The summed E-state index contributed by atoms with van der Waals surface area (Å²) >= 11 is 0. The molecule has 3 heteroatoms. The number of aryl methyl sites for hydroxylation is 2. The van der Waals surface area contributed by atoms with E-state index in [0.29, 0.717) is 0 Å². The second-order valence-corrected chi connectivity index (χ2v) is 4.44. The summed E-state index contributed by atoms with van der Waals surface area (Å²) in [5, 5.41) is 0. The molecule has 3 aromatic rings. The van der Waals surface area contributed by atoms with E-state index >= 15 is 0 Å². The zero-order valence-corrected chi connectivity index (χ0v) is 10.4. The zero-order chi connectivity index (χ0) is 12.5. The minimum Gasteiger partial charge on any atom is -0.261 e. The maximum Gasteiger partial charge on any atom is 0.0908 e. The highest BCUT2D eigenvalue weighted by atomic mass is 14.8. The van der Waals surface area contributed by atoms with Crippen LogP contribution in [0.5, 0.6) is 0 Å². The van der Waals surface area contributed by atoms with Gasteiger partial charge in [0.2, 0.25) is 0 Å². The number of pyridine rings is 1. The van der Waals surface area contributed by atoms with Crippen LogP contribution in [0.15, 0.2) is 42.7 Å². The first-order valence-electron chi connectivity index (χ1n) is 5.89. The lowest BCUT2D eigenvalue weighted by molar-refractivity contribution is 1.19. The van der Waals surface area contributed by atoms with E-state index in [4.69, 9.17) is 0 Å². The van der Waals surface area contributed by atoms with Gasteiger partial charge in [-0.15, -0.1) is 0 Å². The molecule has 0 atom stereocenters. The molecule has 3 rings (SSSR count). The van der Waals surface area contributed by atoms with Gasteiger partial charge in [0.1, 0.15) is 0 Å². The van der Waals surface area contributed by atoms with Gasteiger partial charge in [-0.05, 0) is 43.7 Å². The van der Waals surface area contributed by atoms with Gasteiger partial charge < -0.3 is 0 Å². The molecule has 0 radical (unpaired) electrons.